The van der Waals surface area contributed by atoms with Gasteiger partial charge in [0.15, 0.2) is 5.82 Å². The summed E-state index contributed by atoms with van der Waals surface area (Å²) in [5, 5.41) is 3.71. The van der Waals surface area contributed by atoms with Crippen LogP contribution in [-0.2, 0) is 11.5 Å². The van der Waals surface area contributed by atoms with Gasteiger partial charge >= 0.3 is 0 Å². The van der Waals surface area contributed by atoms with Gasteiger partial charge in [-0.05, 0) is 48.2 Å². The van der Waals surface area contributed by atoms with E-state index >= 15 is 0 Å². The highest BCUT2D eigenvalue weighted by atomic mass is 79.9. The number of hydrogen-bond donors (Lipinski definition) is 0. The predicted molar refractivity (Wildman–Crippen MR) is 131 cm³/mol. The summed E-state index contributed by atoms with van der Waals surface area (Å²) >= 11 is 5.15. The summed E-state index contributed by atoms with van der Waals surface area (Å²) in [6, 6.07) is 8.89. The Labute approximate surface area is 188 Å². The number of halogens is 1. The third-order valence-corrected chi connectivity index (χ3v) is 8.04. The lowest BCUT2D eigenvalue weighted by Crippen LogP contribution is -2.27. The lowest BCUT2D eigenvalue weighted by molar-refractivity contribution is 0.0856. The highest BCUT2D eigenvalue weighted by molar-refractivity contribution is 9.10. The van der Waals surface area contributed by atoms with Crippen LogP contribution in [-0.4, -0.2) is 29.2 Å². The first kappa shape index (κ1) is 21.4. The molecule has 8 heteroatoms. The zero-order valence-corrected chi connectivity index (χ0v) is 20.9. The number of benzene rings is 1. The first-order chi connectivity index (χ1) is 14.2. The zero-order chi connectivity index (χ0) is 21.5. The molecule has 30 heavy (non-hydrogen) atoms. The number of thiophene rings is 1. The van der Waals surface area contributed by atoms with Gasteiger partial charge in [-0.25, -0.2) is 4.98 Å². The molecule has 5 nitrogen and oxygen atoms in total. The van der Waals surface area contributed by atoms with Crippen molar-refractivity contribution in [1.29, 1.82) is 0 Å². The lowest BCUT2D eigenvalue weighted by Gasteiger charge is -2.17. The monoisotopic (exact) mass is 501 g/mol. The molecule has 0 atom stereocenters. The van der Waals surface area contributed by atoms with Crippen LogP contribution in [0.3, 0.4) is 0 Å². The molecule has 0 aliphatic carbocycles. The molecule has 0 radical (unpaired) electrons. The second-order valence-electron chi connectivity index (χ2n) is 8.66. The lowest BCUT2D eigenvalue weighted by atomic mass is 10.1. The minimum absolute atomic E-state index is 0.111. The van der Waals surface area contributed by atoms with E-state index in [4.69, 9.17) is 9.72 Å². The van der Waals surface area contributed by atoms with E-state index in [1.807, 2.05) is 42.8 Å². The molecule has 4 rings (SSSR count). The Morgan fingerprint density at radius 3 is 2.80 bits per heavy atom. The van der Waals surface area contributed by atoms with Crippen LogP contribution in [0, 0.1) is 6.92 Å². The molecule has 0 spiro atoms. The van der Waals surface area contributed by atoms with E-state index in [2.05, 4.69) is 40.6 Å². The van der Waals surface area contributed by atoms with Crippen LogP contribution in [0.5, 0.6) is 0 Å². The van der Waals surface area contributed by atoms with Gasteiger partial charge in [-0.1, -0.05) is 35.6 Å². The van der Waals surface area contributed by atoms with E-state index in [0.29, 0.717) is 29.0 Å². The summed E-state index contributed by atoms with van der Waals surface area (Å²) in [6.07, 6.45) is 1.84. The number of fused-ring (bicyclic) bond motifs is 2. The highest BCUT2D eigenvalue weighted by Crippen LogP contribution is 2.27. The normalized spacial score (nSPS) is 12.2. The van der Waals surface area contributed by atoms with Crippen molar-refractivity contribution in [3.05, 3.63) is 56.2 Å². The Morgan fingerprint density at radius 2 is 2.03 bits per heavy atom. The maximum absolute atomic E-state index is 13.4. The van der Waals surface area contributed by atoms with Gasteiger partial charge in [-0.15, -0.1) is 11.3 Å². The summed E-state index contributed by atoms with van der Waals surface area (Å²) in [4.78, 5) is 22.9. The first-order valence-electron chi connectivity index (χ1n) is 9.85. The standard InChI is InChI=1S/C22H24BrN3O2SSi/c1-14-9-16(23)10-17-20(14)25-21(18-11-19-15(12-24-18)5-7-29-19)26(22(17)27)13-28-6-8-30(2,3)4/h5,7,9-12H,6,8,13H2,1-4H3. The molecule has 0 saturated carbocycles. The molecular weight excluding hydrogens is 478 g/mol. The van der Waals surface area contributed by atoms with Crippen LogP contribution in [0.2, 0.25) is 25.7 Å². The van der Waals surface area contributed by atoms with Gasteiger partial charge in [0.25, 0.3) is 5.56 Å². The third-order valence-electron chi connectivity index (χ3n) is 5.00. The molecule has 0 saturated heterocycles. The van der Waals surface area contributed by atoms with Crippen molar-refractivity contribution < 1.29 is 4.74 Å². The van der Waals surface area contributed by atoms with Gasteiger partial charge < -0.3 is 4.74 Å². The average molecular weight is 503 g/mol. The van der Waals surface area contributed by atoms with Crippen molar-refractivity contribution in [2.45, 2.75) is 39.3 Å². The molecule has 0 bridgehead atoms. The Balaban J connectivity index is 1.84. The van der Waals surface area contributed by atoms with E-state index in [1.54, 1.807) is 15.9 Å². The van der Waals surface area contributed by atoms with Crippen LogP contribution < -0.4 is 5.56 Å². The first-order valence-corrected chi connectivity index (χ1v) is 15.2. The molecule has 4 aromatic rings. The molecule has 0 aliphatic rings. The van der Waals surface area contributed by atoms with Crippen LogP contribution in [0.1, 0.15) is 5.56 Å². The third kappa shape index (κ3) is 4.41. The van der Waals surface area contributed by atoms with E-state index < -0.39 is 8.07 Å². The van der Waals surface area contributed by atoms with Crippen molar-refractivity contribution >= 4 is 56.3 Å². The van der Waals surface area contributed by atoms with E-state index in [1.165, 1.54) is 0 Å². The molecule has 3 aromatic heterocycles. The molecule has 0 unspecified atom stereocenters. The zero-order valence-electron chi connectivity index (χ0n) is 17.5. The van der Waals surface area contributed by atoms with Crippen LogP contribution in [0.25, 0.3) is 32.5 Å². The van der Waals surface area contributed by atoms with Gasteiger partial charge in [0.05, 0.1) is 10.9 Å². The van der Waals surface area contributed by atoms with Gasteiger partial charge in [-0.3, -0.25) is 14.3 Å². The molecular formula is C22H24BrN3O2SSi. The molecule has 0 N–H and O–H groups in total. The van der Waals surface area contributed by atoms with E-state index in [9.17, 15) is 4.79 Å². The summed E-state index contributed by atoms with van der Waals surface area (Å²) in [5.74, 6) is 0.543. The van der Waals surface area contributed by atoms with E-state index in [-0.39, 0.29) is 12.3 Å². The fourth-order valence-corrected chi connectivity index (χ4v) is 5.41. The molecule has 156 valence electrons. The van der Waals surface area contributed by atoms with Gasteiger partial charge in [0.1, 0.15) is 12.4 Å². The van der Waals surface area contributed by atoms with Crippen LogP contribution in [0.4, 0.5) is 0 Å². The SMILES string of the molecule is Cc1cc(Br)cc2c(=O)n(COCC[Si](C)(C)C)c(-c3cc4sccc4cn3)nc12. The van der Waals surface area contributed by atoms with E-state index in [0.717, 1.165) is 26.2 Å². The van der Waals surface area contributed by atoms with Crippen molar-refractivity contribution in [3.8, 4) is 11.5 Å². The average Bonchev–Trinajstić information content (AvgIpc) is 3.14. The maximum Gasteiger partial charge on any atom is 0.263 e. The van der Waals surface area contributed by atoms with Crippen LogP contribution in [0.15, 0.2) is 45.1 Å². The molecule has 0 amide bonds. The highest BCUT2D eigenvalue weighted by Gasteiger charge is 2.17. The van der Waals surface area contributed by atoms with Gasteiger partial charge in [0.2, 0.25) is 0 Å². The van der Waals surface area contributed by atoms with Crippen molar-refractivity contribution in [2.75, 3.05) is 6.61 Å². The summed E-state index contributed by atoms with van der Waals surface area (Å²) in [5.41, 5.74) is 2.21. The number of hydrogen-bond acceptors (Lipinski definition) is 5. The number of aryl methyl sites for hydroxylation is 1. The molecule has 3 heterocycles. The summed E-state index contributed by atoms with van der Waals surface area (Å²) in [6.45, 7) is 9.70. The largest absolute Gasteiger partial charge is 0.361 e. The Bertz CT molecular complexity index is 1290. The Kier molecular flexibility index (Phi) is 5.94. The van der Waals surface area contributed by atoms with Crippen molar-refractivity contribution in [2.24, 2.45) is 0 Å². The number of pyridine rings is 1. The minimum Gasteiger partial charge on any atom is -0.361 e. The second-order valence-corrected chi connectivity index (χ2v) is 16.1. The quantitative estimate of drug-likeness (QED) is 0.238. The molecule has 0 fully saturated rings. The number of aromatic nitrogens is 3. The number of ether oxygens (including phenoxy) is 1. The van der Waals surface area contributed by atoms with Crippen molar-refractivity contribution in [3.63, 3.8) is 0 Å². The van der Waals surface area contributed by atoms with Gasteiger partial charge in [-0.2, -0.15) is 0 Å². The smallest absolute Gasteiger partial charge is 0.263 e. The number of rotatable bonds is 6. The Hall–Kier alpha value is -1.87. The second kappa shape index (κ2) is 8.34. The minimum atomic E-state index is -1.21. The predicted octanol–water partition coefficient (Wildman–Crippen LogP) is 6.06. The molecule has 1 aromatic carbocycles. The van der Waals surface area contributed by atoms with Crippen molar-refractivity contribution in [1.82, 2.24) is 14.5 Å². The maximum atomic E-state index is 13.4. The van der Waals surface area contributed by atoms with Gasteiger partial charge in [0, 0.05) is 35.4 Å². The topological polar surface area (TPSA) is 57.0 Å². The molecule has 0 aliphatic heterocycles. The summed E-state index contributed by atoms with van der Waals surface area (Å²) < 4.78 is 9.54. The number of nitrogens with zero attached hydrogens (tertiary/aromatic N) is 3. The fourth-order valence-electron chi connectivity index (χ4n) is 3.28. The Morgan fingerprint density at radius 1 is 1.23 bits per heavy atom. The van der Waals surface area contributed by atoms with Crippen LogP contribution >= 0.6 is 27.3 Å². The summed E-state index contributed by atoms with van der Waals surface area (Å²) in [7, 11) is -1.21. The fraction of sp³-hybridized carbons (Fsp3) is 0.318.